The van der Waals surface area contributed by atoms with E-state index in [1.54, 1.807) is 6.07 Å². The van der Waals surface area contributed by atoms with Crippen molar-refractivity contribution in [3.63, 3.8) is 0 Å². The molecule has 1 aromatic carbocycles. The van der Waals surface area contributed by atoms with Crippen molar-refractivity contribution >= 4 is 23.0 Å². The Morgan fingerprint density at radius 3 is 2.60 bits per heavy atom. The highest BCUT2D eigenvalue weighted by atomic mass is 35.5. The minimum absolute atomic E-state index is 0.0347. The van der Waals surface area contributed by atoms with Crippen molar-refractivity contribution in [3.05, 3.63) is 33.3 Å². The Morgan fingerprint density at radius 1 is 1.35 bits per heavy atom. The number of anilines is 1. The Kier molecular flexibility index (Phi) is 3.56. The average Bonchev–Trinajstić information content (AvgIpc) is 2.63. The molecule has 2 fully saturated rings. The zero-order chi connectivity index (χ0) is 14.3. The minimum Gasteiger partial charge on any atom is -0.382 e. The van der Waals surface area contributed by atoms with Crippen molar-refractivity contribution in [2.75, 3.05) is 12.4 Å². The molecule has 2 bridgehead atoms. The maximum atomic E-state index is 10.9. The summed E-state index contributed by atoms with van der Waals surface area (Å²) >= 11 is 5.83. The molecule has 0 aliphatic carbocycles. The molecule has 1 aromatic rings. The number of fused-ring (bicyclic) bond motifs is 2. The van der Waals surface area contributed by atoms with Gasteiger partial charge in [0.25, 0.3) is 5.69 Å². The number of nitro benzene ring substituents is 1. The van der Waals surface area contributed by atoms with Crippen LogP contribution in [0.1, 0.15) is 25.7 Å². The molecule has 2 unspecified atom stereocenters. The van der Waals surface area contributed by atoms with Crippen LogP contribution < -0.4 is 5.32 Å². The lowest BCUT2D eigenvalue weighted by Crippen LogP contribution is -2.44. The number of halogens is 1. The standard InChI is InChI=1S/C14H18ClN3O2/c1-17-11-3-4-12(17)7-10(6-11)16-9-2-5-13(15)14(8-9)18(19)20/h2,5,8,10-12,16H,3-4,6-7H2,1H3. The van der Waals surface area contributed by atoms with Gasteiger partial charge in [0.05, 0.1) is 4.92 Å². The van der Waals surface area contributed by atoms with Crippen LogP contribution in [0.4, 0.5) is 11.4 Å². The molecule has 5 nitrogen and oxygen atoms in total. The van der Waals surface area contributed by atoms with Crippen LogP contribution >= 0.6 is 11.6 Å². The zero-order valence-corrected chi connectivity index (χ0v) is 12.1. The van der Waals surface area contributed by atoms with E-state index >= 15 is 0 Å². The Labute approximate surface area is 123 Å². The number of nitrogens with one attached hydrogen (secondary N) is 1. The Hall–Kier alpha value is -1.33. The molecular weight excluding hydrogens is 278 g/mol. The van der Waals surface area contributed by atoms with Crippen LogP contribution in [0.15, 0.2) is 18.2 Å². The van der Waals surface area contributed by atoms with Crippen molar-refractivity contribution in [3.8, 4) is 0 Å². The van der Waals surface area contributed by atoms with E-state index in [9.17, 15) is 10.1 Å². The zero-order valence-electron chi connectivity index (χ0n) is 11.4. The van der Waals surface area contributed by atoms with Gasteiger partial charge in [0, 0.05) is 29.9 Å². The van der Waals surface area contributed by atoms with E-state index < -0.39 is 4.92 Å². The van der Waals surface area contributed by atoms with Gasteiger partial charge in [0.1, 0.15) is 5.02 Å². The van der Waals surface area contributed by atoms with E-state index in [0.717, 1.165) is 18.5 Å². The van der Waals surface area contributed by atoms with Crippen LogP contribution in [-0.4, -0.2) is 35.0 Å². The fourth-order valence-corrected chi connectivity index (χ4v) is 3.69. The summed E-state index contributed by atoms with van der Waals surface area (Å²) < 4.78 is 0. The lowest BCUT2D eigenvalue weighted by Gasteiger charge is -2.37. The van der Waals surface area contributed by atoms with Crippen molar-refractivity contribution in [1.82, 2.24) is 4.90 Å². The first-order valence-corrected chi connectivity index (χ1v) is 7.35. The molecule has 6 heteroatoms. The highest BCUT2D eigenvalue weighted by molar-refractivity contribution is 6.32. The fraction of sp³-hybridized carbons (Fsp3) is 0.571. The number of piperidine rings is 1. The largest absolute Gasteiger partial charge is 0.382 e. The summed E-state index contributed by atoms with van der Waals surface area (Å²) in [5, 5.41) is 14.5. The minimum atomic E-state index is -0.439. The van der Waals surface area contributed by atoms with Gasteiger partial charge in [0.15, 0.2) is 0 Å². The number of benzene rings is 1. The van der Waals surface area contributed by atoms with Gasteiger partial charge in [-0.25, -0.2) is 0 Å². The molecule has 2 atom stereocenters. The molecule has 2 aliphatic rings. The molecule has 2 saturated heterocycles. The summed E-state index contributed by atoms with van der Waals surface area (Å²) in [6, 6.07) is 6.62. The maximum Gasteiger partial charge on any atom is 0.289 e. The number of nitro groups is 1. The topological polar surface area (TPSA) is 58.4 Å². The van der Waals surface area contributed by atoms with Gasteiger partial charge in [-0.15, -0.1) is 0 Å². The summed E-state index contributed by atoms with van der Waals surface area (Å²) in [7, 11) is 2.20. The Morgan fingerprint density at radius 2 is 2.00 bits per heavy atom. The second-order valence-electron chi connectivity index (χ2n) is 5.79. The molecule has 108 valence electrons. The molecule has 0 spiro atoms. The normalized spacial score (nSPS) is 29.4. The van der Waals surface area contributed by atoms with E-state index in [2.05, 4.69) is 17.3 Å². The summed E-state index contributed by atoms with van der Waals surface area (Å²) in [6.07, 6.45) is 4.73. The molecule has 1 N–H and O–H groups in total. The molecule has 0 saturated carbocycles. The number of rotatable bonds is 3. The van der Waals surface area contributed by atoms with Crippen molar-refractivity contribution in [2.24, 2.45) is 0 Å². The van der Waals surface area contributed by atoms with Crippen LogP contribution in [0.2, 0.25) is 5.02 Å². The molecule has 2 heterocycles. The van der Waals surface area contributed by atoms with E-state index in [4.69, 9.17) is 11.6 Å². The van der Waals surface area contributed by atoms with Gasteiger partial charge in [-0.1, -0.05) is 11.6 Å². The third-order valence-electron chi connectivity index (χ3n) is 4.61. The quantitative estimate of drug-likeness (QED) is 0.687. The molecule has 0 aromatic heterocycles. The Balaban J connectivity index is 1.73. The molecule has 2 aliphatic heterocycles. The Bertz CT molecular complexity index is 523. The number of nitrogens with zero attached hydrogens (tertiary/aromatic N) is 2. The van der Waals surface area contributed by atoms with Gasteiger partial charge < -0.3 is 10.2 Å². The predicted molar refractivity (Wildman–Crippen MR) is 79.3 cm³/mol. The lowest BCUT2D eigenvalue weighted by atomic mass is 9.98. The van der Waals surface area contributed by atoms with Gasteiger partial charge >= 0.3 is 0 Å². The van der Waals surface area contributed by atoms with Crippen LogP contribution in [0.5, 0.6) is 0 Å². The SMILES string of the molecule is CN1C2CCC1CC(Nc1ccc(Cl)c([N+](=O)[O-])c1)C2. The van der Waals surface area contributed by atoms with Crippen LogP contribution in [0.3, 0.4) is 0 Å². The number of hydrogen-bond acceptors (Lipinski definition) is 4. The first-order valence-electron chi connectivity index (χ1n) is 6.97. The second kappa shape index (κ2) is 5.22. The molecule has 0 radical (unpaired) electrons. The first kappa shape index (κ1) is 13.6. The first-order chi connectivity index (χ1) is 9.54. The second-order valence-corrected chi connectivity index (χ2v) is 6.19. The van der Waals surface area contributed by atoms with E-state index in [1.165, 1.54) is 18.9 Å². The van der Waals surface area contributed by atoms with Gasteiger partial charge in [-0.05, 0) is 44.9 Å². The highest BCUT2D eigenvalue weighted by Gasteiger charge is 2.38. The van der Waals surface area contributed by atoms with Crippen LogP contribution in [0, 0.1) is 10.1 Å². The van der Waals surface area contributed by atoms with Crippen molar-refractivity contribution in [1.29, 1.82) is 0 Å². The molecule has 3 rings (SSSR count). The molecule has 20 heavy (non-hydrogen) atoms. The summed E-state index contributed by atoms with van der Waals surface area (Å²) in [4.78, 5) is 12.9. The molecule has 0 amide bonds. The highest BCUT2D eigenvalue weighted by Crippen LogP contribution is 2.36. The van der Waals surface area contributed by atoms with E-state index in [0.29, 0.717) is 18.1 Å². The van der Waals surface area contributed by atoms with Crippen molar-refractivity contribution < 1.29 is 4.92 Å². The smallest absolute Gasteiger partial charge is 0.289 e. The maximum absolute atomic E-state index is 10.9. The van der Waals surface area contributed by atoms with E-state index in [1.807, 2.05) is 6.07 Å². The average molecular weight is 296 g/mol. The van der Waals surface area contributed by atoms with Crippen LogP contribution in [0.25, 0.3) is 0 Å². The van der Waals surface area contributed by atoms with Gasteiger partial charge in [-0.2, -0.15) is 0 Å². The third-order valence-corrected chi connectivity index (χ3v) is 4.93. The van der Waals surface area contributed by atoms with Gasteiger partial charge in [0.2, 0.25) is 0 Å². The lowest BCUT2D eigenvalue weighted by molar-refractivity contribution is -0.384. The fourth-order valence-electron chi connectivity index (χ4n) is 3.51. The van der Waals surface area contributed by atoms with Crippen LogP contribution in [-0.2, 0) is 0 Å². The molecular formula is C14H18ClN3O2. The summed E-state index contributed by atoms with van der Waals surface area (Å²) in [5.74, 6) is 0. The summed E-state index contributed by atoms with van der Waals surface area (Å²) in [5.41, 5.74) is 0.752. The predicted octanol–water partition coefficient (Wildman–Crippen LogP) is 3.29. The number of hydrogen-bond donors (Lipinski definition) is 1. The van der Waals surface area contributed by atoms with Crippen molar-refractivity contribution in [2.45, 2.75) is 43.8 Å². The summed E-state index contributed by atoms with van der Waals surface area (Å²) in [6.45, 7) is 0. The monoisotopic (exact) mass is 295 g/mol. The van der Waals surface area contributed by atoms with Gasteiger partial charge in [-0.3, -0.25) is 10.1 Å². The third kappa shape index (κ3) is 2.47. The van der Waals surface area contributed by atoms with E-state index in [-0.39, 0.29) is 10.7 Å².